The highest BCUT2D eigenvalue weighted by atomic mass is 32.2. The van der Waals surface area contributed by atoms with Gasteiger partial charge >= 0.3 is 0 Å². The lowest BCUT2D eigenvalue weighted by molar-refractivity contribution is 0.354. The van der Waals surface area contributed by atoms with Gasteiger partial charge in [-0.1, -0.05) is 36.4 Å². The predicted octanol–water partition coefficient (Wildman–Crippen LogP) is 2.37. The molecule has 0 bridgehead atoms. The van der Waals surface area contributed by atoms with Crippen LogP contribution >= 0.6 is 0 Å². The van der Waals surface area contributed by atoms with E-state index in [1.807, 2.05) is 48.5 Å². The summed E-state index contributed by atoms with van der Waals surface area (Å²) in [6, 6.07) is 14.9. The fourth-order valence-corrected chi connectivity index (χ4v) is 4.23. The Balaban J connectivity index is 1.76. The molecule has 0 saturated carbocycles. The van der Waals surface area contributed by atoms with Crippen LogP contribution in [0.25, 0.3) is 0 Å². The molecule has 0 saturated heterocycles. The van der Waals surface area contributed by atoms with E-state index in [0.717, 1.165) is 11.1 Å². The van der Waals surface area contributed by atoms with Gasteiger partial charge in [0.05, 0.1) is 25.7 Å². The van der Waals surface area contributed by atoms with Crippen LogP contribution < -0.4 is 20.1 Å². The Bertz CT molecular complexity index is 899. The van der Waals surface area contributed by atoms with Gasteiger partial charge < -0.3 is 20.1 Å². The predicted molar refractivity (Wildman–Crippen MR) is 116 cm³/mol. The van der Waals surface area contributed by atoms with E-state index in [9.17, 15) is 8.42 Å². The number of benzene rings is 2. The van der Waals surface area contributed by atoms with Crippen LogP contribution in [-0.4, -0.2) is 47.9 Å². The summed E-state index contributed by atoms with van der Waals surface area (Å²) < 4.78 is 35.0. The van der Waals surface area contributed by atoms with E-state index in [2.05, 4.69) is 15.6 Å². The van der Waals surface area contributed by atoms with Gasteiger partial charge in [-0.25, -0.2) is 8.42 Å². The van der Waals surface area contributed by atoms with Gasteiger partial charge in [-0.05, 0) is 29.7 Å². The maximum atomic E-state index is 12.2. The van der Waals surface area contributed by atoms with Crippen molar-refractivity contribution in [3.05, 3.63) is 59.7 Å². The Morgan fingerprint density at radius 1 is 0.966 bits per heavy atom. The highest BCUT2D eigenvalue weighted by Gasteiger charge is 2.11. The average molecular weight is 420 g/mol. The SMILES string of the molecule is CN=C(NCCCS(=O)(=O)Cc1ccccc1)NCc1ccc(OC)c(OC)c1. The van der Waals surface area contributed by atoms with E-state index >= 15 is 0 Å². The molecule has 2 N–H and O–H groups in total. The third-order valence-corrected chi connectivity index (χ3v) is 5.97. The smallest absolute Gasteiger partial charge is 0.191 e. The fourth-order valence-electron chi connectivity index (χ4n) is 2.80. The molecule has 2 rings (SSSR count). The van der Waals surface area contributed by atoms with Gasteiger partial charge in [0.25, 0.3) is 0 Å². The molecular weight excluding hydrogens is 390 g/mol. The molecule has 0 unspecified atom stereocenters. The molecule has 2 aromatic carbocycles. The van der Waals surface area contributed by atoms with Crippen LogP contribution in [-0.2, 0) is 22.1 Å². The number of methoxy groups -OCH3 is 2. The third kappa shape index (κ3) is 7.65. The minimum atomic E-state index is -3.13. The van der Waals surface area contributed by atoms with Crippen LogP contribution in [0.1, 0.15) is 17.5 Å². The fraction of sp³-hybridized carbons (Fsp3) is 0.381. The molecular formula is C21H29N3O4S. The summed E-state index contributed by atoms with van der Waals surface area (Å²) in [4.78, 5) is 4.17. The van der Waals surface area contributed by atoms with E-state index in [-0.39, 0.29) is 11.5 Å². The lowest BCUT2D eigenvalue weighted by atomic mass is 10.2. The molecule has 0 amide bonds. The number of rotatable bonds is 10. The third-order valence-electron chi connectivity index (χ3n) is 4.29. The standard InChI is InChI=1S/C21H29N3O4S/c1-22-21(24-15-18-10-11-19(27-2)20(14-18)28-3)23-12-7-13-29(25,26)16-17-8-5-4-6-9-17/h4-6,8-11,14H,7,12-13,15-16H2,1-3H3,(H2,22,23,24). The summed E-state index contributed by atoms with van der Waals surface area (Å²) in [6.45, 7) is 1.06. The molecule has 7 nitrogen and oxygen atoms in total. The molecule has 158 valence electrons. The Hall–Kier alpha value is -2.74. The zero-order valence-corrected chi connectivity index (χ0v) is 18.0. The lowest BCUT2D eigenvalue weighted by Crippen LogP contribution is -2.37. The quantitative estimate of drug-likeness (QED) is 0.349. The van der Waals surface area contributed by atoms with Gasteiger partial charge in [0.2, 0.25) is 0 Å². The van der Waals surface area contributed by atoms with E-state index in [1.165, 1.54) is 0 Å². The highest BCUT2D eigenvalue weighted by Crippen LogP contribution is 2.27. The lowest BCUT2D eigenvalue weighted by Gasteiger charge is -2.13. The van der Waals surface area contributed by atoms with Gasteiger partial charge in [0, 0.05) is 20.1 Å². The number of sulfone groups is 1. The molecule has 0 aliphatic heterocycles. The summed E-state index contributed by atoms with van der Waals surface area (Å²) in [7, 11) is 1.74. The largest absolute Gasteiger partial charge is 0.493 e. The monoisotopic (exact) mass is 419 g/mol. The maximum Gasteiger partial charge on any atom is 0.191 e. The Morgan fingerprint density at radius 3 is 2.34 bits per heavy atom. The number of hydrogen-bond acceptors (Lipinski definition) is 5. The van der Waals surface area contributed by atoms with Gasteiger partial charge in [-0.15, -0.1) is 0 Å². The topological polar surface area (TPSA) is 89.0 Å². The van der Waals surface area contributed by atoms with Crippen molar-refractivity contribution in [2.45, 2.75) is 18.7 Å². The number of nitrogens with one attached hydrogen (secondary N) is 2. The van der Waals surface area contributed by atoms with Gasteiger partial charge in [0.1, 0.15) is 0 Å². The summed E-state index contributed by atoms with van der Waals surface area (Å²) in [5.74, 6) is 2.15. The zero-order valence-electron chi connectivity index (χ0n) is 17.1. The summed E-state index contributed by atoms with van der Waals surface area (Å²) in [6.07, 6.45) is 0.506. The second kappa shape index (κ2) is 11.3. The van der Waals surface area contributed by atoms with Crippen molar-refractivity contribution in [2.24, 2.45) is 4.99 Å². The van der Waals surface area contributed by atoms with Crippen molar-refractivity contribution in [3.8, 4) is 11.5 Å². The molecule has 8 heteroatoms. The minimum absolute atomic E-state index is 0.0696. The van der Waals surface area contributed by atoms with E-state index in [1.54, 1.807) is 21.3 Å². The highest BCUT2D eigenvalue weighted by molar-refractivity contribution is 7.90. The van der Waals surface area contributed by atoms with Crippen LogP contribution in [0.5, 0.6) is 11.5 Å². The molecule has 0 fully saturated rings. The molecule has 0 aliphatic carbocycles. The van der Waals surface area contributed by atoms with Crippen LogP contribution in [0.3, 0.4) is 0 Å². The van der Waals surface area contributed by atoms with Crippen molar-refractivity contribution < 1.29 is 17.9 Å². The Kier molecular flexibility index (Phi) is 8.79. The molecule has 0 spiro atoms. The molecule has 0 atom stereocenters. The summed E-state index contributed by atoms with van der Waals surface area (Å²) in [5.41, 5.74) is 1.82. The molecule has 29 heavy (non-hydrogen) atoms. The van der Waals surface area contributed by atoms with Crippen LogP contribution in [0.2, 0.25) is 0 Å². The number of ether oxygens (including phenoxy) is 2. The number of hydrogen-bond donors (Lipinski definition) is 2. The number of aliphatic imine (C=N–C) groups is 1. The van der Waals surface area contributed by atoms with Gasteiger partial charge in [-0.2, -0.15) is 0 Å². The van der Waals surface area contributed by atoms with E-state index in [0.29, 0.717) is 37.0 Å². The van der Waals surface area contributed by atoms with Crippen molar-refractivity contribution in [1.29, 1.82) is 0 Å². The van der Waals surface area contributed by atoms with Crippen molar-refractivity contribution in [1.82, 2.24) is 10.6 Å². The van der Waals surface area contributed by atoms with Crippen molar-refractivity contribution in [3.63, 3.8) is 0 Å². The van der Waals surface area contributed by atoms with E-state index < -0.39 is 9.84 Å². The Labute approximate surface area is 173 Å². The van der Waals surface area contributed by atoms with Crippen molar-refractivity contribution >= 4 is 15.8 Å². The first-order valence-corrected chi connectivity index (χ1v) is 11.2. The summed E-state index contributed by atoms with van der Waals surface area (Å²) in [5, 5.41) is 6.35. The maximum absolute atomic E-state index is 12.2. The molecule has 0 aliphatic rings. The van der Waals surface area contributed by atoms with Crippen molar-refractivity contribution in [2.75, 3.05) is 33.6 Å². The van der Waals surface area contributed by atoms with E-state index in [4.69, 9.17) is 9.47 Å². The second-order valence-electron chi connectivity index (χ2n) is 6.47. The van der Waals surface area contributed by atoms with Gasteiger partial charge in [0.15, 0.2) is 27.3 Å². The second-order valence-corrected chi connectivity index (χ2v) is 8.66. The average Bonchev–Trinajstić information content (AvgIpc) is 2.73. The molecule has 0 aromatic heterocycles. The first-order chi connectivity index (χ1) is 14.0. The molecule has 0 radical (unpaired) electrons. The first kappa shape index (κ1) is 22.5. The Morgan fingerprint density at radius 2 is 1.69 bits per heavy atom. The van der Waals surface area contributed by atoms with Crippen LogP contribution in [0.4, 0.5) is 0 Å². The normalized spacial score (nSPS) is 11.8. The summed E-state index contributed by atoms with van der Waals surface area (Å²) >= 11 is 0. The first-order valence-electron chi connectivity index (χ1n) is 9.37. The zero-order chi connectivity index (χ0) is 21.1. The van der Waals surface area contributed by atoms with Gasteiger partial charge in [-0.3, -0.25) is 4.99 Å². The molecule has 2 aromatic rings. The molecule has 0 heterocycles. The number of guanidine groups is 1. The van der Waals surface area contributed by atoms with Crippen LogP contribution in [0, 0.1) is 0 Å². The number of nitrogens with zero attached hydrogens (tertiary/aromatic N) is 1. The minimum Gasteiger partial charge on any atom is -0.493 e. The van der Waals surface area contributed by atoms with Crippen LogP contribution in [0.15, 0.2) is 53.5 Å².